The van der Waals surface area contributed by atoms with Gasteiger partial charge in [0, 0.05) is 6.54 Å². The molecule has 0 atom stereocenters. The molecule has 5 nitrogen and oxygen atoms in total. The molecule has 0 spiro atoms. The molecule has 0 bridgehead atoms. The predicted octanol–water partition coefficient (Wildman–Crippen LogP) is -0.464. The first-order valence-electron chi connectivity index (χ1n) is 4.51. The smallest absolute Gasteiger partial charge is 0.261 e. The Morgan fingerprint density at radius 3 is 2.60 bits per heavy atom. The second kappa shape index (κ2) is 7.91. The molecule has 0 heterocycles. The molecule has 8 heteroatoms. The Morgan fingerprint density at radius 1 is 1.40 bits per heavy atom. The molecule has 0 saturated carbocycles. The molecule has 0 aliphatic heterocycles. The van der Waals surface area contributed by atoms with Crippen molar-refractivity contribution in [3.63, 3.8) is 0 Å². The van der Waals surface area contributed by atoms with Gasteiger partial charge in [-0.15, -0.1) is 0 Å². The van der Waals surface area contributed by atoms with Crippen molar-refractivity contribution < 1.29 is 21.9 Å². The molecule has 92 valence electrons. The van der Waals surface area contributed by atoms with Crippen molar-refractivity contribution in [2.45, 2.75) is 12.8 Å². The number of hydrogen-bond acceptors (Lipinski definition) is 4. The van der Waals surface area contributed by atoms with Gasteiger partial charge in [-0.3, -0.25) is 0 Å². The van der Waals surface area contributed by atoms with Crippen LogP contribution >= 0.6 is 0 Å². The fourth-order valence-electron chi connectivity index (χ4n) is 0.787. The highest BCUT2D eigenvalue weighted by Crippen LogP contribution is 1.92. The van der Waals surface area contributed by atoms with Crippen LogP contribution in [-0.2, 0) is 14.8 Å². The summed E-state index contributed by atoms with van der Waals surface area (Å²) in [6.45, 7) is -0.445. The molecule has 0 radical (unpaired) electrons. The lowest BCUT2D eigenvalue weighted by Crippen LogP contribution is -2.30. The van der Waals surface area contributed by atoms with Crippen LogP contribution in [0, 0.1) is 0 Å². The Balaban J connectivity index is 3.49. The average molecular weight is 246 g/mol. The number of halogens is 2. The van der Waals surface area contributed by atoms with Gasteiger partial charge in [-0.05, 0) is 13.0 Å². The number of sulfonamides is 1. The monoisotopic (exact) mass is 246 g/mol. The highest BCUT2D eigenvalue weighted by atomic mass is 32.2. The lowest BCUT2D eigenvalue weighted by molar-refractivity contribution is 0.0199. The molecule has 0 saturated heterocycles. The second-order valence-corrected chi connectivity index (χ2v) is 4.75. The van der Waals surface area contributed by atoms with E-state index < -0.39 is 23.1 Å². The summed E-state index contributed by atoms with van der Waals surface area (Å²) in [6.07, 6.45) is -2.16. The highest BCUT2D eigenvalue weighted by molar-refractivity contribution is 7.89. The molecular weight excluding hydrogens is 230 g/mol. The molecule has 0 rings (SSSR count). The molecule has 0 unspecified atom stereocenters. The van der Waals surface area contributed by atoms with Gasteiger partial charge in [0.05, 0.1) is 12.4 Å². The van der Waals surface area contributed by atoms with Crippen molar-refractivity contribution in [2.24, 2.45) is 5.73 Å². The number of nitrogens with one attached hydrogen (secondary N) is 1. The van der Waals surface area contributed by atoms with E-state index in [1.165, 1.54) is 0 Å². The van der Waals surface area contributed by atoms with Crippen LogP contribution in [0.1, 0.15) is 6.42 Å². The zero-order valence-corrected chi connectivity index (χ0v) is 9.10. The molecule has 15 heavy (non-hydrogen) atoms. The van der Waals surface area contributed by atoms with Crippen LogP contribution in [-0.4, -0.2) is 46.9 Å². The van der Waals surface area contributed by atoms with Gasteiger partial charge in [0.25, 0.3) is 6.43 Å². The normalized spacial score (nSPS) is 12.3. The molecule has 0 aliphatic carbocycles. The second-order valence-electron chi connectivity index (χ2n) is 2.82. The third-order valence-electron chi connectivity index (χ3n) is 1.43. The van der Waals surface area contributed by atoms with Gasteiger partial charge in [-0.2, -0.15) is 0 Å². The molecule has 3 N–H and O–H groups in total. The topological polar surface area (TPSA) is 81.4 Å². The van der Waals surface area contributed by atoms with Crippen molar-refractivity contribution >= 4 is 10.0 Å². The SMILES string of the molecule is NCCCS(=O)(=O)NCCOCC(F)F. The van der Waals surface area contributed by atoms with Crippen LogP contribution in [0.5, 0.6) is 0 Å². The minimum absolute atomic E-state index is 0.000372. The van der Waals surface area contributed by atoms with Gasteiger partial charge < -0.3 is 10.5 Å². The van der Waals surface area contributed by atoms with E-state index in [9.17, 15) is 17.2 Å². The van der Waals surface area contributed by atoms with Crippen LogP contribution in [0.4, 0.5) is 8.78 Å². The highest BCUT2D eigenvalue weighted by Gasteiger charge is 2.08. The largest absolute Gasteiger partial charge is 0.374 e. The summed E-state index contributed by atoms with van der Waals surface area (Å²) in [4.78, 5) is 0. The third kappa shape index (κ3) is 9.98. The summed E-state index contributed by atoms with van der Waals surface area (Å²) in [6, 6.07) is 0. The van der Waals surface area contributed by atoms with E-state index in [0.717, 1.165) is 0 Å². The Bertz CT molecular complexity index is 247. The van der Waals surface area contributed by atoms with E-state index in [4.69, 9.17) is 5.73 Å². The van der Waals surface area contributed by atoms with E-state index in [1.807, 2.05) is 0 Å². The number of alkyl halides is 2. The average Bonchev–Trinajstić information content (AvgIpc) is 2.14. The molecular formula is C7H16F2N2O3S. The maximum absolute atomic E-state index is 11.6. The van der Waals surface area contributed by atoms with E-state index in [2.05, 4.69) is 9.46 Å². The molecule has 0 fully saturated rings. The van der Waals surface area contributed by atoms with Crippen LogP contribution < -0.4 is 10.5 Å². The fourth-order valence-corrected chi connectivity index (χ4v) is 1.87. The van der Waals surface area contributed by atoms with Crippen LogP contribution in [0.3, 0.4) is 0 Å². The van der Waals surface area contributed by atoms with Crippen molar-refractivity contribution in [1.82, 2.24) is 4.72 Å². The zero-order chi connectivity index (χ0) is 11.7. The van der Waals surface area contributed by atoms with E-state index in [0.29, 0.717) is 13.0 Å². The molecule has 0 aromatic heterocycles. The first-order valence-corrected chi connectivity index (χ1v) is 6.16. The maximum Gasteiger partial charge on any atom is 0.261 e. The molecule has 0 aliphatic rings. The Labute approximate surface area is 88.0 Å². The summed E-state index contributed by atoms with van der Waals surface area (Å²) in [5.41, 5.74) is 5.15. The van der Waals surface area contributed by atoms with Crippen molar-refractivity contribution in [2.75, 3.05) is 32.1 Å². The number of nitrogens with two attached hydrogens (primary N) is 1. The molecule has 0 aromatic rings. The van der Waals surface area contributed by atoms with Gasteiger partial charge in [-0.25, -0.2) is 21.9 Å². The molecule has 0 aromatic carbocycles. The summed E-state index contributed by atoms with van der Waals surface area (Å²) in [5, 5.41) is 0. The van der Waals surface area contributed by atoms with Crippen molar-refractivity contribution in [3.8, 4) is 0 Å². The first-order chi connectivity index (χ1) is 6.98. The Kier molecular flexibility index (Phi) is 7.75. The zero-order valence-electron chi connectivity index (χ0n) is 8.29. The summed E-state index contributed by atoms with van der Waals surface area (Å²) in [5.74, 6) is -0.0572. The fraction of sp³-hybridized carbons (Fsp3) is 1.00. The predicted molar refractivity (Wildman–Crippen MR) is 52.3 cm³/mol. The van der Waals surface area contributed by atoms with Crippen LogP contribution in [0.15, 0.2) is 0 Å². The van der Waals surface area contributed by atoms with E-state index in [1.54, 1.807) is 0 Å². The van der Waals surface area contributed by atoms with Gasteiger partial charge in [0.1, 0.15) is 6.61 Å². The van der Waals surface area contributed by atoms with Gasteiger partial charge in [0.2, 0.25) is 10.0 Å². The third-order valence-corrected chi connectivity index (χ3v) is 2.90. The van der Waals surface area contributed by atoms with Gasteiger partial charge in [-0.1, -0.05) is 0 Å². The lowest BCUT2D eigenvalue weighted by Gasteiger charge is -2.06. The summed E-state index contributed by atoms with van der Waals surface area (Å²) >= 11 is 0. The Hall–Kier alpha value is -0.310. The van der Waals surface area contributed by atoms with Gasteiger partial charge >= 0.3 is 0 Å². The summed E-state index contributed by atoms with van der Waals surface area (Å²) in [7, 11) is -3.34. The summed E-state index contributed by atoms with van der Waals surface area (Å²) < 4.78 is 52.1. The quantitative estimate of drug-likeness (QED) is 0.539. The number of ether oxygens (including phenoxy) is 1. The van der Waals surface area contributed by atoms with Crippen LogP contribution in [0.2, 0.25) is 0 Å². The Morgan fingerprint density at radius 2 is 2.07 bits per heavy atom. The number of rotatable bonds is 9. The van der Waals surface area contributed by atoms with Crippen LogP contribution in [0.25, 0.3) is 0 Å². The molecule has 0 amide bonds. The lowest BCUT2D eigenvalue weighted by atomic mass is 10.5. The standard InChI is InChI=1S/C7H16F2N2O3S/c8-7(9)6-14-4-3-11-15(12,13)5-1-2-10/h7,11H,1-6,10H2. The minimum Gasteiger partial charge on any atom is -0.374 e. The van der Waals surface area contributed by atoms with E-state index >= 15 is 0 Å². The van der Waals surface area contributed by atoms with E-state index in [-0.39, 0.29) is 18.9 Å². The minimum atomic E-state index is -3.34. The van der Waals surface area contributed by atoms with Crippen molar-refractivity contribution in [3.05, 3.63) is 0 Å². The first kappa shape index (κ1) is 14.7. The maximum atomic E-state index is 11.6. The van der Waals surface area contributed by atoms with Crippen molar-refractivity contribution in [1.29, 1.82) is 0 Å². The van der Waals surface area contributed by atoms with Gasteiger partial charge in [0.15, 0.2) is 0 Å². The number of hydrogen-bond donors (Lipinski definition) is 2.